The van der Waals surface area contributed by atoms with Crippen LogP contribution in [0, 0.1) is 0 Å². The van der Waals surface area contributed by atoms with Gasteiger partial charge in [-0.25, -0.2) is 9.59 Å². The number of carbonyl (C=O) groups excluding carboxylic acids is 3. The molecule has 2 aromatic carbocycles. The van der Waals surface area contributed by atoms with Gasteiger partial charge in [-0.05, 0) is 43.0 Å². The summed E-state index contributed by atoms with van der Waals surface area (Å²) in [5.41, 5.74) is 1.30. The lowest BCUT2D eigenvalue weighted by Crippen LogP contribution is -2.47. The van der Waals surface area contributed by atoms with E-state index in [0.29, 0.717) is 24.2 Å². The van der Waals surface area contributed by atoms with Crippen LogP contribution in [-0.4, -0.2) is 38.3 Å². The summed E-state index contributed by atoms with van der Waals surface area (Å²) < 4.78 is 16.1. The van der Waals surface area contributed by atoms with Gasteiger partial charge in [0.05, 0.1) is 36.4 Å². The summed E-state index contributed by atoms with van der Waals surface area (Å²) in [6.45, 7) is 1.61. The molecule has 2 amide bonds. The zero-order valence-corrected chi connectivity index (χ0v) is 18.6. The van der Waals surface area contributed by atoms with Crippen LogP contribution in [0.3, 0.4) is 0 Å². The van der Waals surface area contributed by atoms with E-state index in [9.17, 15) is 14.4 Å². The van der Waals surface area contributed by atoms with Gasteiger partial charge in [0.15, 0.2) is 0 Å². The van der Waals surface area contributed by atoms with Crippen LogP contribution in [0.4, 0.5) is 4.79 Å². The van der Waals surface area contributed by atoms with Gasteiger partial charge >= 0.3 is 18.0 Å². The highest BCUT2D eigenvalue weighted by Crippen LogP contribution is 2.49. The zero-order chi connectivity index (χ0) is 23.4. The van der Waals surface area contributed by atoms with Crippen molar-refractivity contribution < 1.29 is 28.6 Å². The Bertz CT molecular complexity index is 1070. The van der Waals surface area contributed by atoms with Crippen LogP contribution in [-0.2, 0) is 24.5 Å². The molecule has 2 aromatic rings. The number of methoxy groups -OCH3 is 1. The average Bonchev–Trinajstić information content (AvgIpc) is 3.65. The first-order chi connectivity index (χ1) is 16.0. The van der Waals surface area contributed by atoms with Crippen LogP contribution in [0.1, 0.15) is 36.9 Å². The number of carbonyl (C=O) groups is 3. The van der Waals surface area contributed by atoms with Crippen molar-refractivity contribution in [2.45, 2.75) is 31.2 Å². The van der Waals surface area contributed by atoms with Crippen molar-refractivity contribution in [1.29, 1.82) is 0 Å². The number of hydrogen-bond donors (Lipinski definition) is 2. The molecule has 0 radical (unpaired) electrons. The van der Waals surface area contributed by atoms with Crippen molar-refractivity contribution in [3.05, 3.63) is 77.0 Å². The Balaban J connectivity index is 1.61. The Kier molecular flexibility index (Phi) is 6.35. The minimum Gasteiger partial charge on any atom is -0.497 e. The summed E-state index contributed by atoms with van der Waals surface area (Å²) in [6.07, 6.45) is 1.39. The van der Waals surface area contributed by atoms with Crippen molar-refractivity contribution >= 4 is 18.0 Å². The number of esters is 2. The second kappa shape index (κ2) is 9.36. The number of ether oxygens (including phenoxy) is 3. The predicted octanol–water partition coefficient (Wildman–Crippen LogP) is 3.14. The van der Waals surface area contributed by atoms with Crippen LogP contribution in [0.25, 0.3) is 0 Å². The molecule has 0 saturated heterocycles. The molecular weight excluding hydrogens is 424 g/mol. The summed E-state index contributed by atoms with van der Waals surface area (Å²) in [5, 5.41) is 5.38. The van der Waals surface area contributed by atoms with Crippen LogP contribution in [0.5, 0.6) is 5.75 Å². The van der Waals surface area contributed by atoms with Crippen molar-refractivity contribution in [2.75, 3.05) is 20.3 Å². The molecule has 8 nitrogen and oxygen atoms in total. The van der Waals surface area contributed by atoms with Crippen LogP contribution < -0.4 is 15.4 Å². The summed E-state index contributed by atoms with van der Waals surface area (Å²) in [6, 6.07) is 15.2. The molecule has 0 spiro atoms. The van der Waals surface area contributed by atoms with Gasteiger partial charge in [-0.15, -0.1) is 0 Å². The van der Waals surface area contributed by atoms with Gasteiger partial charge in [0.25, 0.3) is 0 Å². The van der Waals surface area contributed by atoms with E-state index < -0.39 is 23.5 Å². The van der Waals surface area contributed by atoms with E-state index in [1.165, 1.54) is 0 Å². The second-order valence-corrected chi connectivity index (χ2v) is 7.94. The fourth-order valence-electron chi connectivity index (χ4n) is 4.00. The fourth-order valence-corrected chi connectivity index (χ4v) is 4.00. The predicted molar refractivity (Wildman–Crippen MR) is 119 cm³/mol. The lowest BCUT2D eigenvalue weighted by Gasteiger charge is -2.29. The van der Waals surface area contributed by atoms with E-state index in [0.717, 1.165) is 5.56 Å². The van der Waals surface area contributed by atoms with Gasteiger partial charge in [0.2, 0.25) is 0 Å². The molecule has 2 aliphatic rings. The van der Waals surface area contributed by atoms with Crippen LogP contribution in [0.15, 0.2) is 65.9 Å². The maximum Gasteiger partial charge on any atom is 0.338 e. The lowest BCUT2D eigenvalue weighted by molar-refractivity contribution is -0.146. The molecule has 4 rings (SSSR count). The molecule has 1 aliphatic heterocycles. The third-order valence-electron chi connectivity index (χ3n) is 5.91. The molecular formula is C25H26N2O6. The molecule has 33 heavy (non-hydrogen) atoms. The molecule has 1 unspecified atom stereocenters. The molecule has 1 aliphatic carbocycles. The minimum atomic E-state index is -0.763. The first-order valence-corrected chi connectivity index (χ1v) is 10.8. The SMILES string of the molecule is CCOC(=O)C1=C(COC(=O)C2(c3ccccc3)CC2)NC(=O)NC1c1ccc(OC)cc1. The van der Waals surface area contributed by atoms with Crippen LogP contribution in [0.2, 0.25) is 0 Å². The average molecular weight is 450 g/mol. The number of hydrogen-bond acceptors (Lipinski definition) is 6. The molecule has 0 aromatic heterocycles. The molecule has 8 heteroatoms. The Morgan fingerprint density at radius 3 is 2.33 bits per heavy atom. The Labute approximate surface area is 191 Å². The van der Waals surface area contributed by atoms with Gasteiger partial charge in [-0.3, -0.25) is 4.79 Å². The van der Waals surface area contributed by atoms with Gasteiger partial charge in [0, 0.05) is 0 Å². The Hall–Kier alpha value is -3.81. The smallest absolute Gasteiger partial charge is 0.338 e. The molecule has 0 bridgehead atoms. The summed E-state index contributed by atoms with van der Waals surface area (Å²) in [7, 11) is 1.56. The minimum absolute atomic E-state index is 0.162. The molecule has 1 fully saturated rings. The fraction of sp³-hybridized carbons (Fsp3) is 0.320. The van der Waals surface area contributed by atoms with Crippen molar-refractivity contribution in [3.63, 3.8) is 0 Å². The summed E-state index contributed by atoms with van der Waals surface area (Å²) in [5.74, 6) is -0.329. The van der Waals surface area contributed by atoms with E-state index in [1.807, 2.05) is 30.3 Å². The van der Waals surface area contributed by atoms with E-state index in [-0.39, 0.29) is 30.5 Å². The standard InChI is InChI=1S/C25H26N2O6/c1-3-32-22(28)20-19(15-33-23(29)25(13-14-25)17-7-5-4-6-8-17)26-24(30)27-21(20)16-9-11-18(31-2)12-10-16/h4-12,21H,3,13-15H2,1-2H3,(H2,26,27,30). The first-order valence-electron chi connectivity index (χ1n) is 10.8. The lowest BCUT2D eigenvalue weighted by atomic mass is 9.95. The Morgan fingerprint density at radius 2 is 1.73 bits per heavy atom. The van der Waals surface area contributed by atoms with Crippen molar-refractivity contribution in [2.24, 2.45) is 0 Å². The summed E-state index contributed by atoms with van der Waals surface area (Å²) >= 11 is 0. The van der Waals surface area contributed by atoms with E-state index in [2.05, 4.69) is 10.6 Å². The third-order valence-corrected chi connectivity index (χ3v) is 5.91. The largest absolute Gasteiger partial charge is 0.497 e. The maximum absolute atomic E-state index is 13.0. The number of amides is 2. The molecule has 1 atom stereocenters. The quantitative estimate of drug-likeness (QED) is 0.599. The molecule has 2 N–H and O–H groups in total. The van der Waals surface area contributed by atoms with Gasteiger partial charge in [-0.1, -0.05) is 42.5 Å². The van der Waals surface area contributed by atoms with Crippen LogP contribution >= 0.6 is 0 Å². The van der Waals surface area contributed by atoms with Crippen molar-refractivity contribution in [3.8, 4) is 5.75 Å². The van der Waals surface area contributed by atoms with Gasteiger partial charge < -0.3 is 24.8 Å². The molecule has 1 saturated carbocycles. The number of urea groups is 1. The third kappa shape index (κ3) is 4.55. The molecule has 172 valence electrons. The van der Waals surface area contributed by atoms with Crippen molar-refractivity contribution in [1.82, 2.24) is 10.6 Å². The topological polar surface area (TPSA) is 103 Å². The van der Waals surface area contributed by atoms with E-state index >= 15 is 0 Å². The zero-order valence-electron chi connectivity index (χ0n) is 18.6. The van der Waals surface area contributed by atoms with Gasteiger partial charge in [0.1, 0.15) is 12.4 Å². The highest BCUT2D eigenvalue weighted by molar-refractivity contribution is 5.95. The highest BCUT2D eigenvalue weighted by atomic mass is 16.5. The van der Waals surface area contributed by atoms with E-state index in [1.54, 1.807) is 38.3 Å². The highest BCUT2D eigenvalue weighted by Gasteiger charge is 2.53. The number of benzene rings is 2. The Morgan fingerprint density at radius 1 is 1.03 bits per heavy atom. The number of rotatable bonds is 8. The second-order valence-electron chi connectivity index (χ2n) is 7.94. The summed E-state index contributed by atoms with van der Waals surface area (Å²) in [4.78, 5) is 38.2. The maximum atomic E-state index is 13.0. The normalized spacial score (nSPS) is 18.6. The molecule has 1 heterocycles. The van der Waals surface area contributed by atoms with Gasteiger partial charge in [-0.2, -0.15) is 0 Å². The van der Waals surface area contributed by atoms with E-state index in [4.69, 9.17) is 14.2 Å². The monoisotopic (exact) mass is 450 g/mol. The first kappa shape index (κ1) is 22.4. The number of nitrogens with one attached hydrogen (secondary N) is 2.